The first-order valence-electron chi connectivity index (χ1n) is 5.63. The van der Waals surface area contributed by atoms with Gasteiger partial charge >= 0.3 is 6.09 Å². The molecule has 0 spiro atoms. The van der Waals surface area contributed by atoms with E-state index in [9.17, 15) is 13.6 Å². The largest absolute Gasteiger partial charge is 0.444 e. The van der Waals surface area contributed by atoms with Gasteiger partial charge in [-0.3, -0.25) is 0 Å². The van der Waals surface area contributed by atoms with Crippen molar-refractivity contribution in [3.8, 4) is 0 Å². The van der Waals surface area contributed by atoms with Gasteiger partial charge in [-0.05, 0) is 20.3 Å². The Morgan fingerprint density at radius 3 is 2.35 bits per heavy atom. The Labute approximate surface area is 99.3 Å². The molecular formula is C11H19F2NO3. The third-order valence-electron chi connectivity index (χ3n) is 3.08. The van der Waals surface area contributed by atoms with Crippen molar-refractivity contribution in [2.75, 3.05) is 6.61 Å². The van der Waals surface area contributed by atoms with E-state index in [2.05, 4.69) is 5.32 Å². The summed E-state index contributed by atoms with van der Waals surface area (Å²) in [6.45, 7) is 4.80. The van der Waals surface area contributed by atoms with E-state index in [1.807, 2.05) is 6.92 Å². The van der Waals surface area contributed by atoms with Crippen LogP contribution in [0, 0.1) is 0 Å². The number of hydrogen-bond acceptors (Lipinski definition) is 3. The molecule has 0 saturated heterocycles. The van der Waals surface area contributed by atoms with E-state index in [-0.39, 0.29) is 0 Å². The molecule has 0 heterocycles. The van der Waals surface area contributed by atoms with E-state index < -0.39 is 42.6 Å². The average Bonchev–Trinajstić information content (AvgIpc) is 2.13. The summed E-state index contributed by atoms with van der Waals surface area (Å²) in [5, 5.41) is 11.4. The van der Waals surface area contributed by atoms with Gasteiger partial charge in [0, 0.05) is 12.8 Å². The molecule has 6 heteroatoms. The summed E-state index contributed by atoms with van der Waals surface area (Å²) < 4.78 is 30.6. The molecule has 1 saturated carbocycles. The molecule has 0 aromatic heterocycles. The standard InChI is InChI=1S/C11H19F2NO3/c1-4-9(2,3)17-8(16)14-10(7-15)5-11(12,13)6-10/h15H,4-7H2,1-3H3,(H,14,16). The van der Waals surface area contributed by atoms with Crippen LogP contribution in [0.2, 0.25) is 0 Å². The van der Waals surface area contributed by atoms with E-state index in [1.54, 1.807) is 13.8 Å². The first kappa shape index (κ1) is 14.2. The van der Waals surface area contributed by atoms with E-state index in [4.69, 9.17) is 9.84 Å². The maximum Gasteiger partial charge on any atom is 0.408 e. The lowest BCUT2D eigenvalue weighted by Crippen LogP contribution is -2.64. The van der Waals surface area contributed by atoms with Gasteiger partial charge in [0.2, 0.25) is 0 Å². The molecule has 1 amide bonds. The van der Waals surface area contributed by atoms with Crippen LogP contribution in [-0.2, 0) is 4.74 Å². The molecule has 1 fully saturated rings. The number of alkyl halides is 2. The second-order valence-electron chi connectivity index (χ2n) is 5.28. The molecule has 0 aromatic rings. The van der Waals surface area contributed by atoms with Gasteiger partial charge in [0.15, 0.2) is 0 Å². The Morgan fingerprint density at radius 2 is 2.00 bits per heavy atom. The lowest BCUT2D eigenvalue weighted by Gasteiger charge is -2.46. The highest BCUT2D eigenvalue weighted by Gasteiger charge is 2.57. The van der Waals surface area contributed by atoms with Crippen molar-refractivity contribution in [2.24, 2.45) is 0 Å². The van der Waals surface area contributed by atoms with Crippen molar-refractivity contribution >= 4 is 6.09 Å². The Morgan fingerprint density at radius 1 is 1.47 bits per heavy atom. The Bertz CT molecular complexity index is 297. The van der Waals surface area contributed by atoms with Crippen LogP contribution >= 0.6 is 0 Å². The maximum absolute atomic E-state index is 12.8. The van der Waals surface area contributed by atoms with E-state index in [0.717, 1.165) is 0 Å². The molecule has 0 radical (unpaired) electrons. The van der Waals surface area contributed by atoms with Crippen LogP contribution in [-0.4, -0.2) is 34.9 Å². The number of aliphatic hydroxyl groups excluding tert-OH is 1. The Hall–Kier alpha value is -0.910. The third kappa shape index (κ3) is 3.52. The number of amides is 1. The number of ether oxygens (including phenoxy) is 1. The van der Waals surface area contributed by atoms with Gasteiger partial charge in [0.05, 0.1) is 12.1 Å². The van der Waals surface area contributed by atoms with Crippen molar-refractivity contribution in [1.29, 1.82) is 0 Å². The topological polar surface area (TPSA) is 58.6 Å². The predicted molar refractivity (Wildman–Crippen MR) is 58.0 cm³/mol. The second kappa shape index (κ2) is 4.40. The smallest absolute Gasteiger partial charge is 0.408 e. The molecule has 0 aromatic carbocycles. The van der Waals surface area contributed by atoms with Crippen LogP contribution in [0.25, 0.3) is 0 Å². The normalized spacial score (nSPS) is 21.5. The zero-order chi connectivity index (χ0) is 13.3. The quantitative estimate of drug-likeness (QED) is 0.804. The SMILES string of the molecule is CCC(C)(C)OC(=O)NC1(CO)CC(F)(F)C1. The zero-order valence-corrected chi connectivity index (χ0v) is 10.3. The lowest BCUT2D eigenvalue weighted by atomic mass is 9.74. The number of carbonyl (C=O) groups is 1. The van der Waals surface area contributed by atoms with Crippen LogP contribution in [0.3, 0.4) is 0 Å². The minimum absolute atomic E-state index is 0.510. The fourth-order valence-corrected chi connectivity index (χ4v) is 1.74. The molecule has 0 bridgehead atoms. The Balaban J connectivity index is 2.51. The van der Waals surface area contributed by atoms with Gasteiger partial charge in [-0.15, -0.1) is 0 Å². The van der Waals surface area contributed by atoms with Gasteiger partial charge in [-0.25, -0.2) is 13.6 Å². The van der Waals surface area contributed by atoms with Gasteiger partial charge in [0.1, 0.15) is 5.60 Å². The van der Waals surface area contributed by atoms with Gasteiger partial charge in [-0.1, -0.05) is 6.92 Å². The molecule has 2 N–H and O–H groups in total. The fourth-order valence-electron chi connectivity index (χ4n) is 1.74. The lowest BCUT2D eigenvalue weighted by molar-refractivity contribution is -0.145. The highest BCUT2D eigenvalue weighted by Crippen LogP contribution is 2.45. The average molecular weight is 251 g/mol. The molecule has 4 nitrogen and oxygen atoms in total. The molecule has 17 heavy (non-hydrogen) atoms. The fraction of sp³-hybridized carbons (Fsp3) is 0.909. The van der Waals surface area contributed by atoms with Gasteiger partial charge in [0.25, 0.3) is 5.92 Å². The van der Waals surface area contributed by atoms with Crippen LogP contribution in [0.4, 0.5) is 13.6 Å². The number of hydrogen-bond donors (Lipinski definition) is 2. The maximum atomic E-state index is 12.8. The summed E-state index contributed by atoms with van der Waals surface area (Å²) in [5.41, 5.74) is -1.88. The molecule has 1 rings (SSSR count). The van der Waals surface area contributed by atoms with Crippen LogP contribution < -0.4 is 5.32 Å². The summed E-state index contributed by atoms with van der Waals surface area (Å²) in [7, 11) is 0. The summed E-state index contributed by atoms with van der Waals surface area (Å²) in [5.74, 6) is -2.81. The van der Waals surface area contributed by atoms with Crippen molar-refractivity contribution < 1.29 is 23.4 Å². The third-order valence-corrected chi connectivity index (χ3v) is 3.08. The molecule has 1 aliphatic rings. The first-order valence-corrected chi connectivity index (χ1v) is 5.63. The zero-order valence-electron chi connectivity index (χ0n) is 10.3. The number of aliphatic hydroxyl groups is 1. The molecule has 0 unspecified atom stereocenters. The molecule has 1 aliphatic carbocycles. The number of nitrogens with one attached hydrogen (secondary N) is 1. The van der Waals surface area contributed by atoms with Crippen molar-refractivity contribution in [1.82, 2.24) is 5.32 Å². The molecule has 0 aliphatic heterocycles. The van der Waals surface area contributed by atoms with Crippen molar-refractivity contribution in [2.45, 2.75) is 57.1 Å². The summed E-state index contributed by atoms with van der Waals surface area (Å²) in [6.07, 6.45) is -1.24. The van der Waals surface area contributed by atoms with Crippen molar-refractivity contribution in [3.05, 3.63) is 0 Å². The molecular weight excluding hydrogens is 232 g/mol. The van der Waals surface area contributed by atoms with E-state index in [0.29, 0.717) is 6.42 Å². The summed E-state index contributed by atoms with van der Waals surface area (Å²) in [6, 6.07) is 0. The highest BCUT2D eigenvalue weighted by atomic mass is 19.3. The van der Waals surface area contributed by atoms with E-state index >= 15 is 0 Å². The minimum Gasteiger partial charge on any atom is -0.444 e. The second-order valence-corrected chi connectivity index (χ2v) is 5.28. The monoisotopic (exact) mass is 251 g/mol. The summed E-state index contributed by atoms with van der Waals surface area (Å²) in [4.78, 5) is 11.5. The van der Waals surface area contributed by atoms with Gasteiger partial charge < -0.3 is 15.2 Å². The number of alkyl carbamates (subject to hydrolysis) is 1. The Kier molecular flexibility index (Phi) is 3.66. The summed E-state index contributed by atoms with van der Waals surface area (Å²) >= 11 is 0. The van der Waals surface area contributed by atoms with E-state index in [1.165, 1.54) is 0 Å². The van der Waals surface area contributed by atoms with Crippen molar-refractivity contribution in [3.63, 3.8) is 0 Å². The number of carbonyl (C=O) groups excluding carboxylic acids is 1. The first-order chi connectivity index (χ1) is 7.64. The minimum atomic E-state index is -2.81. The van der Waals surface area contributed by atoms with Crippen LogP contribution in [0.15, 0.2) is 0 Å². The molecule has 0 atom stereocenters. The predicted octanol–water partition coefficient (Wildman–Crippen LogP) is 2.06. The number of rotatable bonds is 4. The molecule has 100 valence electrons. The van der Waals surface area contributed by atoms with Gasteiger partial charge in [-0.2, -0.15) is 0 Å². The number of halogens is 2. The highest BCUT2D eigenvalue weighted by molar-refractivity contribution is 5.69. The van der Waals surface area contributed by atoms with Crippen LogP contribution in [0.5, 0.6) is 0 Å². The van der Waals surface area contributed by atoms with Crippen LogP contribution in [0.1, 0.15) is 40.0 Å².